The number of hydrogen-bond acceptors (Lipinski definition) is 5. The van der Waals surface area contributed by atoms with E-state index in [1.807, 2.05) is 32.9 Å². The summed E-state index contributed by atoms with van der Waals surface area (Å²) in [5.41, 5.74) is 11.9. The lowest BCUT2D eigenvalue weighted by atomic mass is 9.97. The maximum Gasteiger partial charge on any atom is 0.138 e. The minimum atomic E-state index is 0.0839. The van der Waals surface area contributed by atoms with Gasteiger partial charge in [-0.05, 0) is 56.3 Å². The summed E-state index contributed by atoms with van der Waals surface area (Å²) in [6, 6.07) is 14.7. The van der Waals surface area contributed by atoms with Crippen LogP contribution in [0.25, 0.3) is 16.9 Å². The van der Waals surface area contributed by atoms with Crippen molar-refractivity contribution in [1.29, 1.82) is 5.26 Å². The van der Waals surface area contributed by atoms with E-state index in [9.17, 15) is 0 Å². The zero-order valence-electron chi connectivity index (χ0n) is 24.3. The number of aromatic nitrogens is 2. The third-order valence-electron chi connectivity index (χ3n) is 4.89. The standard InChI is InChI=1S/C25H30N4.C3H5N.C2H6.CH5N/c1-7-19-13-15-29-22(16-19)28-23(20-10-8-18(2)9-11-20)24(29)21(12-14-26-6)27-17-25(3,4)5;1-2-3-4;2*1-2/h8-16H,6-7,17H2,1-5H3;2H2,1H3;1-2H3;2H2,1H3/b14-12-,27-21?;;;. The van der Waals surface area contributed by atoms with E-state index < -0.39 is 0 Å². The van der Waals surface area contributed by atoms with Crippen LogP contribution in [0.5, 0.6) is 0 Å². The van der Waals surface area contributed by atoms with Crippen LogP contribution in [0.4, 0.5) is 0 Å². The summed E-state index contributed by atoms with van der Waals surface area (Å²) < 4.78 is 2.13. The molecule has 37 heavy (non-hydrogen) atoms. The molecule has 0 aliphatic carbocycles. The Morgan fingerprint density at radius 2 is 1.73 bits per heavy atom. The summed E-state index contributed by atoms with van der Waals surface area (Å²) in [5, 5.41) is 7.62. The van der Waals surface area contributed by atoms with E-state index in [0.29, 0.717) is 13.0 Å². The molecule has 0 saturated carbocycles. The SMILES string of the molecule is C=N/C=C\C(=NCC(C)(C)C)c1c(-c2ccc(C)cc2)nc2cc(CC)ccn12.CC.CCC#N.CN. The molecule has 0 atom stereocenters. The second-order valence-corrected chi connectivity index (χ2v) is 9.06. The van der Waals surface area contributed by atoms with Gasteiger partial charge in [-0.1, -0.05) is 78.3 Å². The van der Waals surface area contributed by atoms with Gasteiger partial charge in [0.1, 0.15) is 5.65 Å². The van der Waals surface area contributed by atoms with Gasteiger partial charge >= 0.3 is 0 Å². The third-order valence-corrected chi connectivity index (χ3v) is 4.89. The normalized spacial score (nSPS) is 10.9. The largest absolute Gasteiger partial charge is 0.333 e. The maximum atomic E-state index is 7.62. The maximum absolute atomic E-state index is 7.62. The van der Waals surface area contributed by atoms with Crippen molar-refractivity contribution in [1.82, 2.24) is 9.38 Å². The molecule has 6 heteroatoms. The Bertz CT molecular complexity index is 1170. The van der Waals surface area contributed by atoms with Gasteiger partial charge in [-0.3, -0.25) is 14.4 Å². The molecule has 0 bridgehead atoms. The minimum Gasteiger partial charge on any atom is -0.333 e. The smallest absolute Gasteiger partial charge is 0.138 e. The van der Waals surface area contributed by atoms with Gasteiger partial charge in [-0.2, -0.15) is 5.26 Å². The van der Waals surface area contributed by atoms with Gasteiger partial charge in [0, 0.05) is 30.9 Å². The van der Waals surface area contributed by atoms with E-state index in [0.717, 1.165) is 34.7 Å². The highest BCUT2D eigenvalue weighted by Gasteiger charge is 2.19. The van der Waals surface area contributed by atoms with Crippen LogP contribution in [0.1, 0.15) is 71.7 Å². The predicted octanol–water partition coefficient (Wildman–Crippen LogP) is 7.44. The number of nitriles is 1. The van der Waals surface area contributed by atoms with Gasteiger partial charge in [0.05, 0.1) is 23.2 Å². The molecule has 0 unspecified atom stereocenters. The van der Waals surface area contributed by atoms with Gasteiger partial charge in [0.2, 0.25) is 0 Å². The van der Waals surface area contributed by atoms with Crippen LogP contribution < -0.4 is 5.73 Å². The van der Waals surface area contributed by atoms with Crippen LogP contribution in [0.2, 0.25) is 0 Å². The first kappa shape index (κ1) is 33.4. The molecule has 200 valence electrons. The molecule has 0 aliphatic rings. The van der Waals surface area contributed by atoms with Crippen molar-refractivity contribution < 1.29 is 0 Å². The third kappa shape index (κ3) is 10.9. The zero-order chi connectivity index (χ0) is 28.4. The Morgan fingerprint density at radius 3 is 2.22 bits per heavy atom. The Labute approximate surface area is 224 Å². The number of benzene rings is 1. The number of aryl methyl sites for hydroxylation is 2. The number of hydrogen-bond donors (Lipinski definition) is 1. The van der Waals surface area contributed by atoms with Crippen LogP contribution in [0, 0.1) is 23.7 Å². The van der Waals surface area contributed by atoms with E-state index in [4.69, 9.17) is 15.2 Å². The van der Waals surface area contributed by atoms with Crippen LogP contribution in [0.3, 0.4) is 0 Å². The van der Waals surface area contributed by atoms with Gasteiger partial charge in [0.25, 0.3) is 0 Å². The average Bonchev–Trinajstić information content (AvgIpc) is 3.29. The fourth-order valence-electron chi connectivity index (χ4n) is 3.12. The number of imidazole rings is 1. The summed E-state index contributed by atoms with van der Waals surface area (Å²) in [7, 11) is 1.50. The molecule has 1 aromatic carbocycles. The van der Waals surface area contributed by atoms with Gasteiger partial charge in [-0.25, -0.2) is 4.98 Å². The molecule has 0 amide bonds. The summed E-state index contributed by atoms with van der Waals surface area (Å²) in [5.74, 6) is 0. The van der Waals surface area contributed by atoms with Crippen LogP contribution in [-0.2, 0) is 6.42 Å². The summed E-state index contributed by atoms with van der Waals surface area (Å²) in [6.07, 6.45) is 7.31. The van der Waals surface area contributed by atoms with Gasteiger partial charge < -0.3 is 5.73 Å². The molecule has 0 spiro atoms. The first-order valence-electron chi connectivity index (χ1n) is 12.9. The zero-order valence-corrected chi connectivity index (χ0v) is 24.3. The lowest BCUT2D eigenvalue weighted by molar-refractivity contribution is 0.430. The predicted molar refractivity (Wildman–Crippen MR) is 162 cm³/mol. The number of pyridine rings is 1. The Morgan fingerprint density at radius 1 is 1.14 bits per heavy atom. The first-order chi connectivity index (χ1) is 17.7. The molecular weight excluding hydrogens is 456 g/mol. The second-order valence-electron chi connectivity index (χ2n) is 9.06. The summed E-state index contributed by atoms with van der Waals surface area (Å²) >= 11 is 0. The quantitative estimate of drug-likeness (QED) is 0.355. The Kier molecular flexibility index (Phi) is 16.1. The number of rotatable bonds is 6. The highest BCUT2D eigenvalue weighted by Crippen LogP contribution is 2.27. The topological polar surface area (TPSA) is 91.8 Å². The fraction of sp³-hybridized carbons (Fsp3) is 0.419. The van der Waals surface area contributed by atoms with Crippen molar-refractivity contribution in [2.45, 2.75) is 68.2 Å². The Hall–Kier alpha value is -3.56. The molecule has 2 N–H and O–H groups in total. The van der Waals surface area contributed by atoms with Gasteiger partial charge in [0.15, 0.2) is 0 Å². The number of aliphatic imine (C=N–C) groups is 2. The molecule has 0 radical (unpaired) electrons. The van der Waals surface area contributed by atoms with E-state index in [-0.39, 0.29) is 5.41 Å². The van der Waals surface area contributed by atoms with E-state index in [2.05, 4.69) is 99.1 Å². The summed E-state index contributed by atoms with van der Waals surface area (Å²) in [6.45, 7) is 20.9. The van der Waals surface area contributed by atoms with Crippen molar-refractivity contribution in [2.75, 3.05) is 13.6 Å². The Balaban J connectivity index is 0.00000145. The molecule has 0 saturated heterocycles. The van der Waals surface area contributed by atoms with Crippen molar-refractivity contribution in [2.24, 2.45) is 21.1 Å². The molecule has 0 aliphatic heterocycles. The number of nitrogens with two attached hydrogens (primary N) is 1. The highest BCUT2D eigenvalue weighted by atomic mass is 15.0. The second kappa shape index (κ2) is 17.8. The van der Waals surface area contributed by atoms with Crippen molar-refractivity contribution in [3.8, 4) is 17.3 Å². The molecule has 0 fully saturated rings. The van der Waals surface area contributed by atoms with E-state index in [1.165, 1.54) is 18.2 Å². The first-order valence-corrected chi connectivity index (χ1v) is 12.9. The minimum absolute atomic E-state index is 0.0839. The van der Waals surface area contributed by atoms with Crippen molar-refractivity contribution in [3.05, 3.63) is 71.7 Å². The van der Waals surface area contributed by atoms with Crippen molar-refractivity contribution in [3.63, 3.8) is 0 Å². The van der Waals surface area contributed by atoms with Gasteiger partial charge in [-0.15, -0.1) is 0 Å². The average molecular weight is 503 g/mol. The van der Waals surface area contributed by atoms with Crippen LogP contribution in [-0.4, -0.2) is 35.4 Å². The lowest BCUT2D eigenvalue weighted by Crippen LogP contribution is -2.13. The van der Waals surface area contributed by atoms with Crippen molar-refractivity contribution >= 4 is 18.1 Å². The molecule has 3 rings (SSSR count). The fourth-order valence-corrected chi connectivity index (χ4v) is 3.12. The number of allylic oxidation sites excluding steroid dienone is 1. The molecular formula is C31H46N6. The highest BCUT2D eigenvalue weighted by molar-refractivity contribution is 6.11. The number of fused-ring (bicyclic) bond motifs is 1. The van der Waals surface area contributed by atoms with E-state index in [1.54, 1.807) is 6.20 Å². The monoisotopic (exact) mass is 502 g/mol. The molecule has 2 aromatic heterocycles. The van der Waals surface area contributed by atoms with E-state index >= 15 is 0 Å². The van der Waals surface area contributed by atoms with Crippen LogP contribution >= 0.6 is 0 Å². The number of nitrogens with zero attached hydrogens (tertiary/aromatic N) is 5. The molecule has 3 aromatic rings. The lowest BCUT2D eigenvalue weighted by Gasteiger charge is -2.15. The van der Waals surface area contributed by atoms with Crippen LogP contribution in [0.15, 0.2) is 64.9 Å². The summed E-state index contributed by atoms with van der Waals surface area (Å²) in [4.78, 5) is 13.9. The molecule has 2 heterocycles. The molecule has 6 nitrogen and oxygen atoms in total.